The van der Waals surface area contributed by atoms with Crippen LogP contribution in [0.5, 0.6) is 5.75 Å². The summed E-state index contributed by atoms with van der Waals surface area (Å²) >= 11 is 0. The second-order valence-corrected chi connectivity index (χ2v) is 14.9. The van der Waals surface area contributed by atoms with Gasteiger partial charge in [0.15, 0.2) is 5.96 Å². The van der Waals surface area contributed by atoms with E-state index in [1.54, 1.807) is 49.4 Å². The van der Waals surface area contributed by atoms with Crippen LogP contribution in [-0.2, 0) is 51.6 Å². The van der Waals surface area contributed by atoms with Crippen LogP contribution in [0.1, 0.15) is 36.5 Å². The summed E-state index contributed by atoms with van der Waals surface area (Å²) < 4.78 is 28.0. The number of carbonyl (C=O) groups is 6. The van der Waals surface area contributed by atoms with Crippen molar-refractivity contribution in [3.63, 3.8) is 0 Å². The summed E-state index contributed by atoms with van der Waals surface area (Å²) in [6, 6.07) is 14.5. The maximum Gasteiger partial charge on any atom is 0.264 e. The van der Waals surface area contributed by atoms with Gasteiger partial charge in [0.05, 0.1) is 18.0 Å². The van der Waals surface area contributed by atoms with E-state index in [9.17, 15) is 47.4 Å². The third-order valence-corrected chi connectivity index (χ3v) is 9.75. The summed E-state index contributed by atoms with van der Waals surface area (Å²) in [7, 11) is -4.32. The summed E-state index contributed by atoms with van der Waals surface area (Å²) in [5.41, 5.74) is 12.7. The van der Waals surface area contributed by atoms with E-state index in [1.165, 1.54) is 36.4 Å². The van der Waals surface area contributed by atoms with Crippen molar-refractivity contribution in [3.8, 4) is 5.75 Å². The first kappa shape index (κ1) is 45.8. The molecule has 312 valence electrons. The molecule has 12 N–H and O–H groups in total. The molecule has 20 heteroatoms. The number of phenols is 1. The Kier molecular flexibility index (Phi) is 17.6. The highest BCUT2D eigenvalue weighted by Crippen LogP contribution is 2.13. The number of aliphatic hydroxyl groups excluding tert-OH is 1. The number of nitrogens with two attached hydrogens (primary N) is 2. The van der Waals surface area contributed by atoms with Gasteiger partial charge < -0.3 is 48.3 Å². The molecule has 0 saturated heterocycles. The van der Waals surface area contributed by atoms with Crippen LogP contribution >= 0.6 is 0 Å². The predicted molar refractivity (Wildman–Crippen MR) is 212 cm³/mol. The molecule has 0 fully saturated rings. The van der Waals surface area contributed by atoms with Crippen LogP contribution < -0.4 is 42.8 Å². The summed E-state index contributed by atoms with van der Waals surface area (Å²) in [4.78, 5) is 82.2. The topological polar surface area (TPSA) is 314 Å². The number of rotatable bonds is 21. The Hall–Kier alpha value is -6.54. The molecule has 0 aliphatic rings. The van der Waals surface area contributed by atoms with Gasteiger partial charge in [-0.25, -0.2) is 13.1 Å². The molecule has 3 rings (SSSR count). The van der Waals surface area contributed by atoms with Crippen molar-refractivity contribution in [2.75, 3.05) is 19.7 Å². The van der Waals surface area contributed by atoms with Crippen LogP contribution in [0.15, 0.2) is 88.8 Å². The molecule has 0 unspecified atom stereocenters. The quantitative estimate of drug-likeness (QED) is 0.0321. The third-order valence-electron chi connectivity index (χ3n) is 8.39. The van der Waals surface area contributed by atoms with Crippen molar-refractivity contribution in [1.82, 2.24) is 31.3 Å². The molecule has 0 aromatic heterocycles. The van der Waals surface area contributed by atoms with E-state index >= 15 is 0 Å². The van der Waals surface area contributed by atoms with Gasteiger partial charge in [0.25, 0.3) is 15.9 Å². The van der Waals surface area contributed by atoms with E-state index in [1.807, 2.05) is 4.72 Å². The van der Waals surface area contributed by atoms with Gasteiger partial charge in [0.2, 0.25) is 29.5 Å². The minimum atomic E-state index is -4.32. The molecule has 0 radical (unpaired) electrons. The van der Waals surface area contributed by atoms with Crippen molar-refractivity contribution in [3.05, 3.63) is 95.6 Å². The molecule has 58 heavy (non-hydrogen) atoms. The monoisotopic (exact) mass is 823 g/mol. The Morgan fingerprint density at radius 1 is 0.707 bits per heavy atom. The highest BCUT2D eigenvalue weighted by atomic mass is 32.2. The number of aryl methyl sites for hydroxylation is 1. The smallest absolute Gasteiger partial charge is 0.264 e. The number of aliphatic hydroxyl groups is 1. The summed E-state index contributed by atoms with van der Waals surface area (Å²) in [6.07, 6.45) is -0.143. The van der Waals surface area contributed by atoms with E-state index in [-0.39, 0.29) is 48.8 Å². The maximum atomic E-state index is 13.8. The third kappa shape index (κ3) is 15.5. The van der Waals surface area contributed by atoms with Crippen LogP contribution in [0, 0.1) is 6.92 Å². The zero-order valence-corrected chi connectivity index (χ0v) is 32.8. The molecule has 19 nitrogen and oxygen atoms in total. The minimum absolute atomic E-state index is 0.0550. The standard InChI is InChI=1S/C38H49N9O10S/c1-23-10-16-28(17-11-23)58(56,57)47-37(55)31(19-25-7-4-3-5-8-25)44-33(51)21-42-34(52)29(9-6-18-41-38(39)40)45-35(53)30(20-26-12-14-27(50)15-13-26)46-36(54)32(22-48)43-24(2)49/h3-5,7-8,10-17,29-32,48,50H,6,9,18-22H2,1-2H3,(H,42,52)(H,43,49)(H,44,51)(H,45,53)(H,46,54)(H,47,55)(H4,39,40,41)/t29-,30-,31-,32-/m0/s1. The second kappa shape index (κ2) is 22.3. The van der Waals surface area contributed by atoms with Gasteiger partial charge in [0, 0.05) is 26.3 Å². The van der Waals surface area contributed by atoms with Crippen molar-refractivity contribution >= 4 is 51.4 Å². The lowest BCUT2D eigenvalue weighted by atomic mass is 10.0. The van der Waals surface area contributed by atoms with Crippen LogP contribution in [-0.4, -0.2) is 104 Å². The Labute approximate surface area is 335 Å². The highest BCUT2D eigenvalue weighted by molar-refractivity contribution is 7.90. The predicted octanol–water partition coefficient (Wildman–Crippen LogP) is -1.89. The number of aromatic hydroxyl groups is 1. The molecule has 6 amide bonds. The van der Waals surface area contributed by atoms with Crippen molar-refractivity contribution in [2.24, 2.45) is 16.5 Å². The number of nitrogens with one attached hydrogen (secondary N) is 6. The number of hydrogen-bond acceptors (Lipinski definition) is 11. The maximum absolute atomic E-state index is 13.8. The molecule has 0 bridgehead atoms. The van der Waals surface area contributed by atoms with Crippen LogP contribution in [0.2, 0.25) is 0 Å². The van der Waals surface area contributed by atoms with E-state index in [4.69, 9.17) is 11.5 Å². The Morgan fingerprint density at radius 2 is 1.28 bits per heavy atom. The lowest BCUT2D eigenvalue weighted by Gasteiger charge is -2.25. The van der Waals surface area contributed by atoms with E-state index in [2.05, 4.69) is 31.6 Å². The normalized spacial score (nSPS) is 13.0. The molecule has 0 aliphatic heterocycles. The number of amides is 6. The number of nitrogens with zero attached hydrogens (tertiary/aromatic N) is 1. The number of aliphatic imine (C=N–C) groups is 1. The largest absolute Gasteiger partial charge is 0.508 e. The van der Waals surface area contributed by atoms with Crippen molar-refractivity contribution in [1.29, 1.82) is 0 Å². The molecular weight excluding hydrogens is 775 g/mol. The minimum Gasteiger partial charge on any atom is -0.508 e. The van der Waals surface area contributed by atoms with Gasteiger partial charge in [-0.05, 0) is 55.2 Å². The van der Waals surface area contributed by atoms with E-state index in [0.717, 1.165) is 12.5 Å². The molecule has 0 spiro atoms. The lowest BCUT2D eigenvalue weighted by molar-refractivity contribution is -0.134. The van der Waals surface area contributed by atoms with Crippen LogP contribution in [0.3, 0.4) is 0 Å². The van der Waals surface area contributed by atoms with Crippen molar-refractivity contribution < 1.29 is 47.4 Å². The van der Waals surface area contributed by atoms with E-state index < -0.39 is 82.8 Å². The Morgan fingerprint density at radius 3 is 1.86 bits per heavy atom. The molecular formula is C38H49N9O10S. The molecule has 3 aromatic rings. The average Bonchev–Trinajstić information content (AvgIpc) is 3.17. The number of benzene rings is 3. The number of hydrogen-bond donors (Lipinski definition) is 10. The first-order valence-electron chi connectivity index (χ1n) is 18.0. The molecule has 0 heterocycles. The Balaban J connectivity index is 1.79. The van der Waals surface area contributed by atoms with Gasteiger partial charge in [-0.1, -0.05) is 60.2 Å². The van der Waals surface area contributed by atoms with E-state index in [0.29, 0.717) is 11.1 Å². The van der Waals surface area contributed by atoms with Crippen LogP contribution in [0.4, 0.5) is 0 Å². The molecule has 0 aliphatic carbocycles. The van der Waals surface area contributed by atoms with Gasteiger partial charge >= 0.3 is 0 Å². The molecule has 4 atom stereocenters. The first-order valence-corrected chi connectivity index (χ1v) is 19.5. The average molecular weight is 824 g/mol. The summed E-state index contributed by atoms with van der Waals surface area (Å²) in [6.45, 7) is 1.48. The van der Waals surface area contributed by atoms with Crippen LogP contribution in [0.25, 0.3) is 0 Å². The SMILES string of the molecule is CC(=O)N[C@@H](CO)C(=O)N[C@@H](Cc1ccc(O)cc1)C(=O)N[C@@H](CCCN=C(N)N)C(=O)NCC(=O)N[C@@H](Cc1ccccc1)C(=O)NS(=O)(=O)c1ccc(C)cc1. The number of phenolic OH excluding ortho intramolecular Hbond substituents is 1. The lowest BCUT2D eigenvalue weighted by Crippen LogP contribution is -2.58. The summed E-state index contributed by atoms with van der Waals surface area (Å²) in [5, 5.41) is 31.6. The number of carbonyl (C=O) groups excluding carboxylic acids is 6. The molecule has 3 aromatic carbocycles. The van der Waals surface area contributed by atoms with Gasteiger partial charge in [-0.3, -0.25) is 33.8 Å². The number of guanidine groups is 1. The second-order valence-electron chi connectivity index (χ2n) is 13.2. The zero-order valence-electron chi connectivity index (χ0n) is 31.9. The first-order chi connectivity index (χ1) is 27.5. The summed E-state index contributed by atoms with van der Waals surface area (Å²) in [5.74, 6) is -5.39. The van der Waals surface area contributed by atoms with Gasteiger partial charge in [-0.15, -0.1) is 0 Å². The number of sulfonamides is 1. The fraction of sp³-hybridized carbons (Fsp3) is 0.342. The zero-order chi connectivity index (χ0) is 42.8. The fourth-order valence-electron chi connectivity index (χ4n) is 5.41. The van der Waals surface area contributed by atoms with Gasteiger partial charge in [-0.2, -0.15) is 0 Å². The highest BCUT2D eigenvalue weighted by Gasteiger charge is 2.31. The van der Waals surface area contributed by atoms with Gasteiger partial charge in [0.1, 0.15) is 29.9 Å². The van der Waals surface area contributed by atoms with Crippen molar-refractivity contribution in [2.45, 2.75) is 68.6 Å². The Bertz CT molecular complexity index is 2030. The molecule has 0 saturated carbocycles. The fourth-order valence-corrected chi connectivity index (χ4v) is 6.43.